The minimum Gasteiger partial charge on any atom is -0.454 e. The number of sulfonamides is 1. The van der Waals surface area contributed by atoms with Crippen molar-refractivity contribution in [1.82, 2.24) is 0 Å². The van der Waals surface area contributed by atoms with E-state index >= 15 is 0 Å². The molecule has 2 amide bonds. The fourth-order valence-electron chi connectivity index (χ4n) is 3.41. The molecule has 8 nitrogen and oxygen atoms in total. The first kappa shape index (κ1) is 22.3. The SMILES string of the molecule is CCC(=O)Nc1ccc(S(=O)(=O)Nc2ccc3c(c2)C(=O)N(C)c2cc(C)ccc2O3)cc1. The van der Waals surface area contributed by atoms with Crippen LogP contribution in [-0.2, 0) is 14.8 Å². The zero-order valence-corrected chi connectivity index (χ0v) is 19.2. The van der Waals surface area contributed by atoms with Crippen molar-refractivity contribution in [2.75, 3.05) is 22.0 Å². The van der Waals surface area contributed by atoms with Crippen molar-refractivity contribution in [3.8, 4) is 11.5 Å². The molecule has 0 fully saturated rings. The first-order valence-electron chi connectivity index (χ1n) is 10.3. The highest BCUT2D eigenvalue weighted by molar-refractivity contribution is 7.92. The number of amides is 2. The Morgan fingerprint density at radius 2 is 1.64 bits per heavy atom. The molecule has 0 saturated carbocycles. The molecule has 0 bridgehead atoms. The maximum Gasteiger partial charge on any atom is 0.261 e. The summed E-state index contributed by atoms with van der Waals surface area (Å²) < 4.78 is 34.2. The fraction of sp³-hybridized carbons (Fsp3) is 0.167. The molecule has 0 saturated heterocycles. The summed E-state index contributed by atoms with van der Waals surface area (Å²) in [7, 11) is -2.27. The van der Waals surface area contributed by atoms with E-state index in [2.05, 4.69) is 10.0 Å². The molecule has 9 heteroatoms. The summed E-state index contributed by atoms with van der Waals surface area (Å²) in [6.07, 6.45) is 0.322. The van der Waals surface area contributed by atoms with Crippen LogP contribution in [0.25, 0.3) is 0 Å². The van der Waals surface area contributed by atoms with E-state index in [1.165, 1.54) is 35.2 Å². The molecule has 1 heterocycles. The van der Waals surface area contributed by atoms with Gasteiger partial charge in [0.15, 0.2) is 5.75 Å². The van der Waals surface area contributed by atoms with Crippen LogP contribution in [0, 0.1) is 6.92 Å². The average Bonchev–Trinajstić information content (AvgIpc) is 2.89. The third-order valence-corrected chi connectivity index (χ3v) is 6.63. The molecular formula is C24H23N3O5S. The summed E-state index contributed by atoms with van der Waals surface area (Å²) in [5.74, 6) is 0.404. The van der Waals surface area contributed by atoms with Crippen LogP contribution in [0.2, 0.25) is 0 Å². The fourth-order valence-corrected chi connectivity index (χ4v) is 4.46. The van der Waals surface area contributed by atoms with Crippen LogP contribution < -0.4 is 19.7 Å². The number of benzene rings is 3. The Balaban J connectivity index is 1.60. The molecule has 3 aromatic carbocycles. The van der Waals surface area contributed by atoms with Gasteiger partial charge in [0.2, 0.25) is 5.91 Å². The zero-order chi connectivity index (χ0) is 23.8. The second-order valence-electron chi connectivity index (χ2n) is 7.68. The Hall–Kier alpha value is -3.85. The van der Waals surface area contributed by atoms with Gasteiger partial charge in [0, 0.05) is 24.8 Å². The van der Waals surface area contributed by atoms with Crippen LogP contribution in [0.15, 0.2) is 65.6 Å². The van der Waals surface area contributed by atoms with Crippen molar-refractivity contribution in [1.29, 1.82) is 0 Å². The van der Waals surface area contributed by atoms with Gasteiger partial charge in [-0.15, -0.1) is 0 Å². The standard InChI is InChI=1S/C24H23N3O5S/c1-4-23(28)25-16-6-9-18(10-7-16)33(30,31)26-17-8-12-21-19(14-17)24(29)27(3)20-13-15(2)5-11-22(20)32-21/h5-14,26H,4H2,1-3H3,(H,25,28). The topological polar surface area (TPSA) is 105 Å². The molecule has 0 radical (unpaired) electrons. The van der Waals surface area contributed by atoms with E-state index in [0.29, 0.717) is 29.3 Å². The summed E-state index contributed by atoms with van der Waals surface area (Å²) in [4.78, 5) is 26.1. The average molecular weight is 466 g/mol. The van der Waals surface area contributed by atoms with E-state index < -0.39 is 10.0 Å². The van der Waals surface area contributed by atoms with Gasteiger partial charge in [0.05, 0.1) is 16.1 Å². The van der Waals surface area contributed by atoms with Crippen LogP contribution in [0.4, 0.5) is 17.1 Å². The smallest absolute Gasteiger partial charge is 0.261 e. The summed E-state index contributed by atoms with van der Waals surface area (Å²) in [5, 5.41) is 2.67. The lowest BCUT2D eigenvalue weighted by Gasteiger charge is -2.17. The van der Waals surface area contributed by atoms with Gasteiger partial charge >= 0.3 is 0 Å². The second kappa shape index (κ2) is 8.59. The maximum absolute atomic E-state index is 13.1. The summed E-state index contributed by atoms with van der Waals surface area (Å²) in [6.45, 7) is 3.65. The monoisotopic (exact) mass is 465 g/mol. The van der Waals surface area contributed by atoms with Crippen LogP contribution in [0.3, 0.4) is 0 Å². The Morgan fingerprint density at radius 3 is 2.33 bits per heavy atom. The highest BCUT2D eigenvalue weighted by Crippen LogP contribution is 2.39. The van der Waals surface area contributed by atoms with Crippen molar-refractivity contribution in [3.05, 3.63) is 71.8 Å². The number of fused-ring (bicyclic) bond motifs is 2. The Labute approximate surface area is 192 Å². The number of hydrogen-bond donors (Lipinski definition) is 2. The van der Waals surface area contributed by atoms with Gasteiger partial charge in [-0.1, -0.05) is 13.0 Å². The first-order valence-corrected chi connectivity index (χ1v) is 11.8. The van der Waals surface area contributed by atoms with Crippen LogP contribution in [0.5, 0.6) is 11.5 Å². The van der Waals surface area contributed by atoms with Gasteiger partial charge < -0.3 is 15.0 Å². The van der Waals surface area contributed by atoms with E-state index in [1.807, 2.05) is 19.1 Å². The predicted octanol–water partition coefficient (Wildman–Crippen LogP) is 4.53. The molecule has 0 aromatic heterocycles. The van der Waals surface area contributed by atoms with E-state index in [9.17, 15) is 18.0 Å². The van der Waals surface area contributed by atoms with Gasteiger partial charge in [-0.25, -0.2) is 8.42 Å². The molecule has 33 heavy (non-hydrogen) atoms. The molecule has 2 N–H and O–H groups in total. The lowest BCUT2D eigenvalue weighted by atomic mass is 10.1. The number of nitrogens with zero attached hydrogens (tertiary/aromatic N) is 1. The molecule has 0 atom stereocenters. The summed E-state index contributed by atoms with van der Waals surface area (Å²) >= 11 is 0. The van der Waals surface area contributed by atoms with Crippen molar-refractivity contribution < 1.29 is 22.7 Å². The number of rotatable bonds is 5. The number of carbonyl (C=O) groups excluding carboxylic acids is 2. The molecule has 1 aliphatic heterocycles. The Morgan fingerprint density at radius 1 is 0.970 bits per heavy atom. The lowest BCUT2D eigenvalue weighted by Crippen LogP contribution is -2.25. The molecule has 0 spiro atoms. The number of carbonyl (C=O) groups is 2. The number of hydrogen-bond acceptors (Lipinski definition) is 5. The first-order chi connectivity index (χ1) is 15.7. The highest BCUT2D eigenvalue weighted by Gasteiger charge is 2.27. The minimum absolute atomic E-state index is 0.0227. The van der Waals surface area contributed by atoms with Gasteiger partial charge in [-0.05, 0) is 67.1 Å². The van der Waals surface area contributed by atoms with E-state index in [0.717, 1.165) is 5.56 Å². The van der Waals surface area contributed by atoms with Gasteiger partial charge in [0.1, 0.15) is 5.75 Å². The number of nitrogens with one attached hydrogen (secondary N) is 2. The largest absolute Gasteiger partial charge is 0.454 e. The van der Waals surface area contributed by atoms with Crippen LogP contribution >= 0.6 is 0 Å². The quantitative estimate of drug-likeness (QED) is 0.576. The maximum atomic E-state index is 13.1. The molecule has 3 aromatic rings. The predicted molar refractivity (Wildman–Crippen MR) is 127 cm³/mol. The zero-order valence-electron chi connectivity index (χ0n) is 18.4. The summed E-state index contributed by atoms with van der Waals surface area (Å²) in [6, 6.07) is 16.0. The van der Waals surface area contributed by atoms with E-state index in [1.54, 1.807) is 32.2 Å². The third kappa shape index (κ3) is 4.54. The molecular weight excluding hydrogens is 442 g/mol. The van der Waals surface area contributed by atoms with Crippen molar-refractivity contribution >= 4 is 38.9 Å². The minimum atomic E-state index is -3.92. The Bertz CT molecular complexity index is 1350. The lowest BCUT2D eigenvalue weighted by molar-refractivity contribution is -0.115. The normalized spacial score (nSPS) is 12.8. The molecule has 0 aliphatic carbocycles. The third-order valence-electron chi connectivity index (χ3n) is 5.23. The van der Waals surface area contributed by atoms with Gasteiger partial charge in [-0.2, -0.15) is 0 Å². The van der Waals surface area contributed by atoms with Gasteiger partial charge in [-0.3, -0.25) is 14.3 Å². The number of ether oxygens (including phenoxy) is 1. The van der Waals surface area contributed by atoms with Crippen LogP contribution in [0.1, 0.15) is 29.3 Å². The Kier molecular flexibility index (Phi) is 5.82. The summed E-state index contributed by atoms with van der Waals surface area (Å²) in [5.41, 5.74) is 2.59. The van der Waals surface area contributed by atoms with Crippen molar-refractivity contribution in [3.63, 3.8) is 0 Å². The second-order valence-corrected chi connectivity index (χ2v) is 9.36. The van der Waals surface area contributed by atoms with Crippen molar-refractivity contribution in [2.45, 2.75) is 25.2 Å². The van der Waals surface area contributed by atoms with Gasteiger partial charge in [0.25, 0.3) is 15.9 Å². The van der Waals surface area contributed by atoms with Crippen LogP contribution in [-0.4, -0.2) is 27.3 Å². The molecule has 1 aliphatic rings. The number of anilines is 3. The molecule has 170 valence electrons. The van der Waals surface area contributed by atoms with E-state index in [-0.39, 0.29) is 28.0 Å². The number of aryl methyl sites for hydroxylation is 1. The van der Waals surface area contributed by atoms with E-state index in [4.69, 9.17) is 4.74 Å². The van der Waals surface area contributed by atoms with Crippen molar-refractivity contribution in [2.24, 2.45) is 0 Å². The molecule has 0 unspecified atom stereocenters. The highest BCUT2D eigenvalue weighted by atomic mass is 32.2. The molecule has 4 rings (SSSR count).